The van der Waals surface area contributed by atoms with Gasteiger partial charge in [-0.15, -0.1) is 12.4 Å². The van der Waals surface area contributed by atoms with Crippen LogP contribution in [-0.2, 0) is 0 Å². The number of carbonyl (C=O) groups is 2. The Balaban J connectivity index is 0.00000288. The van der Waals surface area contributed by atoms with E-state index in [1.165, 1.54) is 0 Å². The van der Waals surface area contributed by atoms with Crippen molar-refractivity contribution in [3.63, 3.8) is 0 Å². The molecule has 4 N–H and O–H groups in total. The summed E-state index contributed by atoms with van der Waals surface area (Å²) in [4.78, 5) is 23.9. The maximum atomic E-state index is 12.2. The van der Waals surface area contributed by atoms with Crippen molar-refractivity contribution in [2.45, 2.75) is 32.7 Å². The van der Waals surface area contributed by atoms with Gasteiger partial charge in [0.05, 0.1) is 0 Å². The first-order valence-corrected chi connectivity index (χ1v) is 8.21. The predicted molar refractivity (Wildman–Crippen MR) is 98.9 cm³/mol. The minimum Gasteiger partial charge on any atom is -0.352 e. The quantitative estimate of drug-likeness (QED) is 0.655. The van der Waals surface area contributed by atoms with Crippen molar-refractivity contribution in [3.8, 4) is 0 Å². The number of amides is 3. The van der Waals surface area contributed by atoms with Crippen LogP contribution in [0.4, 0.5) is 10.5 Å². The van der Waals surface area contributed by atoms with Crippen LogP contribution in [0.3, 0.4) is 0 Å². The number of rotatable bonds is 5. The van der Waals surface area contributed by atoms with Crippen molar-refractivity contribution in [2.24, 2.45) is 5.92 Å². The maximum Gasteiger partial charge on any atom is 0.319 e. The Hall–Kier alpha value is -1.79. The topological polar surface area (TPSA) is 82.3 Å². The van der Waals surface area contributed by atoms with Gasteiger partial charge in [0.15, 0.2) is 0 Å². The minimum absolute atomic E-state index is 0. The van der Waals surface area contributed by atoms with Crippen molar-refractivity contribution in [2.75, 3.05) is 25.0 Å². The monoisotopic (exact) mass is 354 g/mol. The number of nitrogens with one attached hydrogen (secondary N) is 4. The summed E-state index contributed by atoms with van der Waals surface area (Å²) in [6, 6.07) is 6.76. The molecule has 6 nitrogen and oxygen atoms in total. The van der Waals surface area contributed by atoms with E-state index in [1.807, 2.05) is 13.8 Å². The third-order valence-electron chi connectivity index (χ3n) is 3.75. The molecule has 2 rings (SSSR count). The molecule has 24 heavy (non-hydrogen) atoms. The van der Waals surface area contributed by atoms with Crippen LogP contribution in [0.15, 0.2) is 24.3 Å². The van der Waals surface area contributed by atoms with Crippen molar-refractivity contribution >= 4 is 30.0 Å². The number of carbonyl (C=O) groups excluding carboxylic acids is 2. The lowest BCUT2D eigenvalue weighted by Gasteiger charge is -2.22. The summed E-state index contributed by atoms with van der Waals surface area (Å²) < 4.78 is 0. The molecule has 1 atom stereocenters. The lowest BCUT2D eigenvalue weighted by atomic mass is 9.99. The molecule has 0 spiro atoms. The lowest BCUT2D eigenvalue weighted by molar-refractivity contribution is 0.0945. The molecule has 7 heteroatoms. The first-order chi connectivity index (χ1) is 11.0. The van der Waals surface area contributed by atoms with Crippen LogP contribution in [0, 0.1) is 5.92 Å². The van der Waals surface area contributed by atoms with Gasteiger partial charge in [0.25, 0.3) is 5.91 Å². The van der Waals surface area contributed by atoms with E-state index in [-0.39, 0.29) is 30.4 Å². The van der Waals surface area contributed by atoms with Gasteiger partial charge in [-0.25, -0.2) is 4.79 Å². The highest BCUT2D eigenvalue weighted by Crippen LogP contribution is 2.12. The zero-order valence-corrected chi connectivity index (χ0v) is 15.0. The van der Waals surface area contributed by atoms with Crippen molar-refractivity contribution in [1.82, 2.24) is 16.0 Å². The summed E-state index contributed by atoms with van der Waals surface area (Å²) >= 11 is 0. The van der Waals surface area contributed by atoms with Crippen molar-refractivity contribution < 1.29 is 9.59 Å². The molecule has 0 bridgehead atoms. The van der Waals surface area contributed by atoms with Gasteiger partial charge in [0.2, 0.25) is 0 Å². The van der Waals surface area contributed by atoms with Crippen LogP contribution >= 0.6 is 12.4 Å². The van der Waals surface area contributed by atoms with Crippen molar-refractivity contribution in [1.29, 1.82) is 0 Å². The maximum absolute atomic E-state index is 12.2. The molecule has 0 radical (unpaired) electrons. The Morgan fingerprint density at radius 1 is 1.33 bits per heavy atom. The first-order valence-electron chi connectivity index (χ1n) is 8.21. The molecule has 1 unspecified atom stereocenters. The van der Waals surface area contributed by atoms with Gasteiger partial charge in [-0.05, 0) is 63.9 Å². The largest absolute Gasteiger partial charge is 0.352 e. The second-order valence-corrected chi connectivity index (χ2v) is 6.26. The van der Waals surface area contributed by atoms with Crippen LogP contribution in [0.1, 0.15) is 37.0 Å². The number of hydrogen-bond donors (Lipinski definition) is 4. The van der Waals surface area contributed by atoms with E-state index < -0.39 is 0 Å². The first kappa shape index (κ1) is 20.3. The van der Waals surface area contributed by atoms with Crippen LogP contribution in [0.25, 0.3) is 0 Å². The molecule has 1 aromatic rings. The summed E-state index contributed by atoms with van der Waals surface area (Å²) in [6.45, 7) is 6.48. The number of piperidine rings is 1. The summed E-state index contributed by atoms with van der Waals surface area (Å²) in [7, 11) is 0. The lowest BCUT2D eigenvalue weighted by Crippen LogP contribution is -2.38. The van der Waals surface area contributed by atoms with Crippen molar-refractivity contribution in [3.05, 3.63) is 29.8 Å². The fraction of sp³-hybridized carbons (Fsp3) is 0.529. The van der Waals surface area contributed by atoms with Crippen LogP contribution in [0.5, 0.6) is 0 Å². The molecule has 1 aliphatic heterocycles. The highest BCUT2D eigenvalue weighted by Gasteiger charge is 2.15. The second kappa shape index (κ2) is 10.2. The third-order valence-corrected chi connectivity index (χ3v) is 3.75. The van der Waals surface area contributed by atoms with Gasteiger partial charge < -0.3 is 21.3 Å². The normalized spacial score (nSPS) is 16.9. The molecule has 1 aromatic carbocycles. The highest BCUT2D eigenvalue weighted by molar-refractivity contribution is 5.96. The predicted octanol–water partition coefficient (Wildman–Crippen LogP) is 2.37. The third kappa shape index (κ3) is 6.76. The number of anilines is 1. The molecule has 134 valence electrons. The molecule has 0 aromatic heterocycles. The molecule has 0 saturated carbocycles. The van der Waals surface area contributed by atoms with E-state index in [4.69, 9.17) is 0 Å². The second-order valence-electron chi connectivity index (χ2n) is 6.26. The number of benzene rings is 1. The standard InChI is InChI=1S/C17H26N4O2.ClH/c1-12(2)20-17(23)21-15-7-3-6-14(9-15)16(22)19-11-13-5-4-8-18-10-13;/h3,6-7,9,12-13,18H,4-5,8,10-11H2,1-2H3,(H,19,22)(H2,20,21,23);1H. The smallest absolute Gasteiger partial charge is 0.319 e. The summed E-state index contributed by atoms with van der Waals surface area (Å²) in [5.41, 5.74) is 1.16. The molecule has 1 heterocycles. The van der Waals surface area contributed by atoms with Gasteiger partial charge >= 0.3 is 6.03 Å². The number of hydrogen-bond acceptors (Lipinski definition) is 3. The van der Waals surface area contributed by atoms with Gasteiger partial charge in [-0.3, -0.25) is 4.79 Å². The Morgan fingerprint density at radius 3 is 2.79 bits per heavy atom. The molecule has 1 aliphatic rings. The molecule has 1 saturated heterocycles. The van der Waals surface area contributed by atoms with Gasteiger partial charge in [-0.1, -0.05) is 6.07 Å². The Labute approximate surface area is 149 Å². The highest BCUT2D eigenvalue weighted by atomic mass is 35.5. The van der Waals surface area contributed by atoms with E-state index in [1.54, 1.807) is 24.3 Å². The molecular formula is C17H27ClN4O2. The van der Waals surface area contributed by atoms with Crippen LogP contribution in [-0.4, -0.2) is 37.6 Å². The van der Waals surface area contributed by atoms with Gasteiger partial charge in [0, 0.05) is 23.8 Å². The van der Waals surface area contributed by atoms with E-state index in [2.05, 4.69) is 21.3 Å². The van der Waals surface area contributed by atoms with Gasteiger partial charge in [-0.2, -0.15) is 0 Å². The average Bonchev–Trinajstić information content (AvgIpc) is 2.53. The fourth-order valence-corrected chi connectivity index (χ4v) is 2.60. The van der Waals surface area contributed by atoms with E-state index in [0.717, 1.165) is 25.9 Å². The molecule has 0 aliphatic carbocycles. The summed E-state index contributed by atoms with van der Waals surface area (Å²) in [5, 5.41) is 11.8. The fourth-order valence-electron chi connectivity index (χ4n) is 2.60. The summed E-state index contributed by atoms with van der Waals surface area (Å²) in [6.07, 6.45) is 2.30. The Morgan fingerprint density at radius 2 is 2.12 bits per heavy atom. The van der Waals surface area contributed by atoms with E-state index in [0.29, 0.717) is 23.7 Å². The number of urea groups is 1. The zero-order chi connectivity index (χ0) is 16.7. The Bertz CT molecular complexity index is 545. The summed E-state index contributed by atoms with van der Waals surface area (Å²) in [5.74, 6) is 0.384. The minimum atomic E-state index is -0.272. The average molecular weight is 355 g/mol. The van der Waals surface area contributed by atoms with Crippen LogP contribution < -0.4 is 21.3 Å². The SMILES string of the molecule is CC(C)NC(=O)Nc1cccc(C(=O)NCC2CCCNC2)c1.Cl. The molecule has 3 amide bonds. The van der Waals surface area contributed by atoms with E-state index in [9.17, 15) is 9.59 Å². The zero-order valence-electron chi connectivity index (χ0n) is 14.2. The van der Waals surface area contributed by atoms with E-state index >= 15 is 0 Å². The van der Waals surface area contributed by atoms with Gasteiger partial charge in [0.1, 0.15) is 0 Å². The molecular weight excluding hydrogens is 328 g/mol. The number of halogens is 1. The molecule has 1 fully saturated rings. The Kier molecular flexibility index (Phi) is 8.57. The van der Waals surface area contributed by atoms with Crippen LogP contribution in [0.2, 0.25) is 0 Å².